The van der Waals surface area contributed by atoms with Crippen molar-refractivity contribution >= 4 is 40.8 Å². The van der Waals surface area contributed by atoms with Crippen LogP contribution in [0.25, 0.3) is 11.1 Å². The fourth-order valence-corrected chi connectivity index (χ4v) is 3.66. The van der Waals surface area contributed by atoms with E-state index in [1.807, 2.05) is 0 Å². The highest BCUT2D eigenvalue weighted by atomic mass is 35.5. The van der Waals surface area contributed by atoms with Gasteiger partial charge in [-0.15, -0.1) is 0 Å². The van der Waals surface area contributed by atoms with Crippen LogP contribution >= 0.6 is 34.8 Å². The van der Waals surface area contributed by atoms with E-state index in [9.17, 15) is 22.4 Å². The zero-order chi connectivity index (χ0) is 20.1. The monoisotopic (exact) mass is 445 g/mol. The van der Waals surface area contributed by atoms with Crippen LogP contribution in [0.4, 0.5) is 17.6 Å². The summed E-state index contributed by atoms with van der Waals surface area (Å²) in [5.41, 5.74) is -1.93. The maximum Gasteiger partial charge on any atom is 0.432 e. The Hall–Kier alpha value is -1.64. The summed E-state index contributed by atoms with van der Waals surface area (Å²) in [5.74, 6) is -1.68. The first-order valence-corrected chi connectivity index (χ1v) is 8.59. The normalized spacial score (nSPS) is 17.3. The number of nitrogens with zero attached hydrogens (tertiary/aromatic N) is 1. The van der Waals surface area contributed by atoms with Crippen molar-refractivity contribution in [1.29, 1.82) is 0 Å². The number of esters is 1. The lowest BCUT2D eigenvalue weighted by molar-refractivity contribution is -0.144. The molecular formula is C16H10Cl3F4NO3. The first kappa shape index (κ1) is 20.1. The highest BCUT2D eigenvalue weighted by Crippen LogP contribution is 2.47. The molecule has 27 heavy (non-hydrogen) atoms. The van der Waals surface area contributed by atoms with Crippen molar-refractivity contribution < 1.29 is 31.8 Å². The summed E-state index contributed by atoms with van der Waals surface area (Å²) in [6, 6.07) is 1.90. The van der Waals surface area contributed by atoms with E-state index in [-0.39, 0.29) is 34.9 Å². The fraction of sp³-hybridized carbons (Fsp3) is 0.312. The van der Waals surface area contributed by atoms with Gasteiger partial charge in [-0.2, -0.15) is 13.2 Å². The molecule has 0 saturated carbocycles. The number of hydrogen-bond acceptors (Lipinski definition) is 3. The van der Waals surface area contributed by atoms with Crippen LogP contribution in [0.15, 0.2) is 12.1 Å². The second kappa shape index (κ2) is 7.07. The molecule has 0 bridgehead atoms. The third-order valence-corrected chi connectivity index (χ3v) is 5.09. The predicted octanol–water partition coefficient (Wildman–Crippen LogP) is 5.50. The lowest BCUT2D eigenvalue weighted by Crippen LogP contribution is -2.21. The number of cyclic esters (lactones) is 1. The van der Waals surface area contributed by atoms with Gasteiger partial charge in [0.25, 0.3) is 0 Å². The third kappa shape index (κ3) is 3.58. The van der Waals surface area contributed by atoms with Gasteiger partial charge in [0.15, 0.2) is 6.10 Å². The number of carbonyl (C=O) groups is 1. The molecule has 1 saturated heterocycles. The van der Waals surface area contributed by atoms with Gasteiger partial charge in [0, 0.05) is 24.6 Å². The van der Waals surface area contributed by atoms with E-state index >= 15 is 0 Å². The molecular weight excluding hydrogens is 437 g/mol. The number of halogens is 7. The van der Waals surface area contributed by atoms with Crippen LogP contribution in [-0.4, -0.2) is 23.2 Å². The largest absolute Gasteiger partial charge is 0.477 e. The van der Waals surface area contributed by atoms with Crippen LogP contribution in [0.1, 0.15) is 12.1 Å². The minimum atomic E-state index is -4.80. The van der Waals surface area contributed by atoms with Crippen molar-refractivity contribution in [2.24, 2.45) is 7.05 Å². The summed E-state index contributed by atoms with van der Waals surface area (Å²) in [6.07, 6.45) is -5.50. The molecule has 1 fully saturated rings. The smallest absolute Gasteiger partial charge is 0.432 e. The van der Waals surface area contributed by atoms with Gasteiger partial charge in [-0.3, -0.25) is 0 Å². The quantitative estimate of drug-likeness (QED) is 0.461. The summed E-state index contributed by atoms with van der Waals surface area (Å²) in [5, 5.41) is -1.35. The first-order chi connectivity index (χ1) is 12.5. The zero-order valence-electron chi connectivity index (χ0n) is 13.5. The van der Waals surface area contributed by atoms with Gasteiger partial charge >= 0.3 is 12.1 Å². The topological polar surface area (TPSA) is 40.5 Å². The molecule has 1 aliphatic heterocycles. The lowest BCUT2D eigenvalue weighted by Gasteiger charge is -2.14. The number of alkyl halides is 3. The highest BCUT2D eigenvalue weighted by Gasteiger charge is 2.40. The van der Waals surface area contributed by atoms with Crippen molar-refractivity contribution in [2.75, 3.05) is 6.61 Å². The van der Waals surface area contributed by atoms with Gasteiger partial charge in [0.1, 0.15) is 22.4 Å². The molecule has 1 atom stereocenters. The second-order valence-electron chi connectivity index (χ2n) is 5.71. The minimum Gasteiger partial charge on any atom is -0.477 e. The summed E-state index contributed by atoms with van der Waals surface area (Å²) < 4.78 is 64.9. The molecule has 1 aromatic heterocycles. The standard InChI is InChI=1S/C16H10Cl3F4NO3/c1-24-13(16(21,22)23)12(18)11(14(24)19)6-4-10(7(17)5-8(6)20)27-9-2-3-26-15(9)25/h4-5,9H,2-3H2,1H3. The molecule has 1 aromatic carbocycles. The van der Waals surface area contributed by atoms with E-state index in [1.54, 1.807) is 0 Å². The van der Waals surface area contributed by atoms with Crippen LogP contribution in [-0.2, 0) is 22.8 Å². The van der Waals surface area contributed by atoms with Gasteiger partial charge in [-0.05, 0) is 12.1 Å². The number of rotatable bonds is 3. The molecule has 11 heteroatoms. The Morgan fingerprint density at radius 3 is 2.44 bits per heavy atom. The van der Waals surface area contributed by atoms with Gasteiger partial charge in [0.05, 0.1) is 16.7 Å². The Bertz CT molecular complexity index is 927. The third-order valence-electron chi connectivity index (χ3n) is 3.98. The van der Waals surface area contributed by atoms with Gasteiger partial charge in [-0.25, -0.2) is 9.18 Å². The SMILES string of the molecule is Cn1c(Cl)c(-c2cc(OC3CCOC3=O)c(Cl)cc2F)c(Cl)c1C(F)(F)F. The fourth-order valence-electron chi connectivity index (χ4n) is 2.71. The van der Waals surface area contributed by atoms with E-state index in [0.29, 0.717) is 4.57 Å². The van der Waals surface area contributed by atoms with Crippen LogP contribution < -0.4 is 4.74 Å². The second-order valence-corrected chi connectivity index (χ2v) is 6.85. The van der Waals surface area contributed by atoms with E-state index in [4.69, 9.17) is 44.3 Å². The Kier molecular flexibility index (Phi) is 5.26. The first-order valence-electron chi connectivity index (χ1n) is 7.46. The van der Waals surface area contributed by atoms with Gasteiger partial charge in [-0.1, -0.05) is 34.8 Å². The van der Waals surface area contributed by atoms with Crippen LogP contribution in [0.5, 0.6) is 5.75 Å². The van der Waals surface area contributed by atoms with Crippen molar-refractivity contribution in [1.82, 2.24) is 4.57 Å². The summed E-state index contributed by atoms with van der Waals surface area (Å²) in [7, 11) is 1.06. The average Bonchev–Trinajstić information content (AvgIpc) is 3.04. The van der Waals surface area contributed by atoms with E-state index in [1.165, 1.54) is 0 Å². The summed E-state index contributed by atoms with van der Waals surface area (Å²) in [4.78, 5) is 11.5. The van der Waals surface area contributed by atoms with Gasteiger partial charge in [0.2, 0.25) is 0 Å². The van der Waals surface area contributed by atoms with E-state index < -0.39 is 39.9 Å². The molecule has 1 aliphatic rings. The average molecular weight is 447 g/mol. The van der Waals surface area contributed by atoms with E-state index in [0.717, 1.165) is 19.2 Å². The molecule has 0 amide bonds. The minimum absolute atomic E-state index is 0.110. The maximum atomic E-state index is 14.5. The highest BCUT2D eigenvalue weighted by molar-refractivity contribution is 6.40. The molecule has 0 aliphatic carbocycles. The van der Waals surface area contributed by atoms with Crippen LogP contribution in [0.2, 0.25) is 15.2 Å². The molecule has 0 N–H and O–H groups in total. The Morgan fingerprint density at radius 1 is 1.26 bits per heavy atom. The Balaban J connectivity index is 2.13. The lowest BCUT2D eigenvalue weighted by atomic mass is 10.1. The van der Waals surface area contributed by atoms with Crippen LogP contribution in [0.3, 0.4) is 0 Å². The number of hydrogen-bond donors (Lipinski definition) is 0. The van der Waals surface area contributed by atoms with Crippen molar-refractivity contribution in [2.45, 2.75) is 18.7 Å². The summed E-state index contributed by atoms with van der Waals surface area (Å²) >= 11 is 17.8. The van der Waals surface area contributed by atoms with Crippen LogP contribution in [0, 0.1) is 5.82 Å². The molecule has 2 aromatic rings. The summed E-state index contributed by atoms with van der Waals surface area (Å²) in [6.45, 7) is 0.153. The van der Waals surface area contributed by atoms with Crippen molar-refractivity contribution in [3.05, 3.63) is 38.8 Å². The van der Waals surface area contributed by atoms with Crippen molar-refractivity contribution in [3.63, 3.8) is 0 Å². The number of aromatic nitrogens is 1. The van der Waals surface area contributed by atoms with Crippen molar-refractivity contribution in [3.8, 4) is 16.9 Å². The molecule has 0 radical (unpaired) electrons. The number of benzene rings is 1. The zero-order valence-corrected chi connectivity index (χ0v) is 15.7. The number of carbonyl (C=O) groups excluding carboxylic acids is 1. The maximum absolute atomic E-state index is 14.5. The molecule has 4 nitrogen and oxygen atoms in total. The Morgan fingerprint density at radius 2 is 1.93 bits per heavy atom. The molecule has 2 heterocycles. The molecule has 0 spiro atoms. The molecule has 146 valence electrons. The predicted molar refractivity (Wildman–Crippen MR) is 90.8 cm³/mol. The van der Waals surface area contributed by atoms with E-state index in [2.05, 4.69) is 0 Å². The Labute approximate surface area is 165 Å². The number of ether oxygens (including phenoxy) is 2. The molecule has 1 unspecified atom stereocenters. The van der Waals surface area contributed by atoms with Gasteiger partial charge < -0.3 is 14.0 Å². The molecule has 3 rings (SSSR count).